The van der Waals surface area contributed by atoms with E-state index in [9.17, 15) is 27.5 Å². The summed E-state index contributed by atoms with van der Waals surface area (Å²) in [6.45, 7) is 2.68. The van der Waals surface area contributed by atoms with Crippen molar-refractivity contribution in [3.8, 4) is 6.07 Å². The van der Waals surface area contributed by atoms with Crippen LogP contribution in [0.3, 0.4) is 0 Å². The quantitative estimate of drug-likeness (QED) is 0.391. The summed E-state index contributed by atoms with van der Waals surface area (Å²) in [7, 11) is 0. The number of alkyl halides is 3. The van der Waals surface area contributed by atoms with E-state index in [1.54, 1.807) is 6.07 Å². The Morgan fingerprint density at radius 1 is 1.27 bits per heavy atom. The summed E-state index contributed by atoms with van der Waals surface area (Å²) in [6.07, 6.45) is -3.52. The molecule has 1 heterocycles. The molecule has 0 bridgehead atoms. The fourth-order valence-electron chi connectivity index (χ4n) is 3.00. The Hall–Kier alpha value is -4.85. The molecule has 8 nitrogen and oxygen atoms in total. The summed E-state index contributed by atoms with van der Waals surface area (Å²) in [5.41, 5.74) is 2.03. The molecular weight excluding hydrogens is 686 g/mol. The van der Waals surface area contributed by atoms with Gasteiger partial charge in [0.05, 0.1) is 35.1 Å². The fraction of sp³-hybridized carbons (Fsp3) is 0.250. The Kier molecular flexibility index (Phi) is 7.56. The number of nitroso groups, excluding NO2 is 1. The van der Waals surface area contributed by atoms with Crippen molar-refractivity contribution >= 4 is 22.6 Å². The number of imidazole rings is 1. The molecule has 1 aromatic heterocycles. The number of aliphatic hydroxyl groups is 1. The number of nitriles is 1. The Balaban J connectivity index is 0.00000177. The zero-order chi connectivity index (χ0) is 24.3. The standard InChI is InChI=1S/C20H16F4N4O2.Es.NO/c1-11(28-10-26-17-15(21)4-3-5-16(17)28)19(2,30)18(29)27-13-7-6-12(9-25)14(8-13)20(22,23)24;;1-2/h3-8,10-11,30H,1-2H3,(H,27,29);;/q;;-1/t11?,19-;;/m0../s1. The molecule has 1 radical (unpaired) electrons. The van der Waals surface area contributed by atoms with Gasteiger partial charge in [-0.15, -0.1) is 0 Å². The molecule has 0 aliphatic carbocycles. The number of fused-ring (bicyclic) bond motifs is 1. The average molecular weight is 702 g/mol. The first-order valence-corrected chi connectivity index (χ1v) is 8.91. The topological polar surface area (TPSA) is 130 Å². The Bertz CT molecular complexity index is 1190. The van der Waals surface area contributed by atoms with Crippen molar-refractivity contribution in [3.05, 3.63) is 70.2 Å². The smallest absolute Gasteiger partial charge is 0.417 e. The minimum Gasteiger partial charge on any atom is -0.577 e. The monoisotopic (exact) mass is 702 g/mol. The summed E-state index contributed by atoms with van der Waals surface area (Å²) >= 11 is 0. The minimum atomic E-state index is -4.79. The van der Waals surface area contributed by atoms with Crippen molar-refractivity contribution in [2.75, 3.05) is 5.32 Å². The van der Waals surface area contributed by atoms with Crippen LogP contribution in [0.4, 0.5) is 23.2 Å². The number of anilines is 1. The number of nitrogens with zero attached hydrogens (tertiary/aromatic N) is 4. The Labute approximate surface area is 178 Å². The molecule has 1 unspecified atom stereocenters. The molecule has 2 N–H and O–H groups in total. The number of rotatable bonds is 4. The van der Waals surface area contributed by atoms with E-state index >= 15 is 0 Å². The first kappa shape index (κ1) is 26.2. The van der Waals surface area contributed by atoms with Crippen molar-refractivity contribution in [2.45, 2.75) is 31.7 Å². The van der Waals surface area contributed by atoms with Gasteiger partial charge in [0.25, 0.3) is 5.91 Å². The molecule has 2 atom stereocenters. The largest absolute Gasteiger partial charge is 0.577 e. The molecule has 0 aliphatic heterocycles. The van der Waals surface area contributed by atoms with Gasteiger partial charge in [-0.2, -0.15) is 18.4 Å². The van der Waals surface area contributed by atoms with Crippen LogP contribution < -0.4 is 5.32 Å². The third-order valence-electron chi connectivity index (χ3n) is 4.95. The second-order valence-corrected chi connectivity index (χ2v) is 6.91. The number of benzene rings is 2. The number of carbonyl (C=O) groups excluding carboxylic acids is 1. The molecule has 0 aliphatic rings. The summed E-state index contributed by atoms with van der Waals surface area (Å²) in [5, 5.41) is 21.9. The van der Waals surface area contributed by atoms with E-state index in [0.717, 1.165) is 12.1 Å². The maximum Gasteiger partial charge on any atom is 0.417 e. The van der Waals surface area contributed by atoms with Crippen LogP contribution in [0.25, 0.3) is 16.6 Å². The molecule has 0 saturated carbocycles. The first-order valence-electron chi connectivity index (χ1n) is 8.91. The van der Waals surface area contributed by atoms with E-state index in [2.05, 4.69) is 10.3 Å². The van der Waals surface area contributed by atoms with Crippen LogP contribution in [0.5, 0.6) is 0 Å². The number of amides is 1. The molecule has 0 saturated heterocycles. The maximum absolute atomic E-state index is 13.9. The zero-order valence-corrected chi connectivity index (χ0v) is 19.5. The molecule has 3 rings (SSSR count). The van der Waals surface area contributed by atoms with E-state index in [1.807, 2.05) is 0 Å². The van der Waals surface area contributed by atoms with Crippen molar-refractivity contribution < 1.29 is 27.5 Å². The predicted octanol–water partition coefficient (Wildman–Crippen LogP) is 4.34. The molecule has 0 spiro atoms. The number of hydrogen-bond donors (Lipinski definition) is 2. The van der Waals surface area contributed by atoms with Crippen LogP contribution >= 0.6 is 0 Å². The van der Waals surface area contributed by atoms with Gasteiger partial charge in [0.15, 0.2) is 11.4 Å². The van der Waals surface area contributed by atoms with Gasteiger partial charge in [0.2, 0.25) is 0 Å². The van der Waals surface area contributed by atoms with Crippen LogP contribution in [0.1, 0.15) is 31.0 Å². The minimum absolute atomic E-state index is 0. The second kappa shape index (κ2) is 9.52. The van der Waals surface area contributed by atoms with E-state index in [0.29, 0.717) is 11.6 Å². The number of para-hydroxylation sites is 1. The van der Waals surface area contributed by atoms with Crippen LogP contribution in [0, 0.1) is 22.1 Å². The maximum atomic E-state index is 13.9. The molecular formula is C20H16EsF4N5O3-. The van der Waals surface area contributed by atoms with Crippen LogP contribution in [0.2, 0.25) is 0 Å². The normalized spacial score (nSPS) is 13.5. The van der Waals surface area contributed by atoms with E-state index in [-0.39, 0.29) is 11.2 Å². The third kappa shape index (κ3) is 4.91. The summed E-state index contributed by atoms with van der Waals surface area (Å²) in [4.78, 5) is 23.9. The van der Waals surface area contributed by atoms with Crippen LogP contribution in [0.15, 0.2) is 42.7 Å². The number of aromatic nitrogens is 2. The summed E-state index contributed by atoms with van der Waals surface area (Å²) < 4.78 is 54.7. The van der Waals surface area contributed by atoms with Gasteiger partial charge in [-0.25, -0.2) is 9.37 Å². The van der Waals surface area contributed by atoms with Crippen molar-refractivity contribution in [2.24, 2.45) is 0 Å². The number of halogens is 4. The average Bonchev–Trinajstić information content (AvgIpc) is 3.19. The van der Waals surface area contributed by atoms with Gasteiger partial charge in [-0.3, -0.25) is 4.79 Å². The zero-order valence-electron chi connectivity index (χ0n) is 17.0. The fourth-order valence-corrected chi connectivity index (χ4v) is 3.00. The predicted molar refractivity (Wildman–Crippen MR) is 107 cm³/mol. The van der Waals surface area contributed by atoms with Crippen molar-refractivity contribution in [1.82, 2.24) is 9.55 Å². The van der Waals surface area contributed by atoms with Crippen LogP contribution in [-0.2, 0) is 11.0 Å². The first-order chi connectivity index (χ1) is 15.0. The van der Waals surface area contributed by atoms with Gasteiger partial charge >= 0.3 is 6.18 Å². The second-order valence-electron chi connectivity index (χ2n) is 6.91. The Morgan fingerprint density at radius 2 is 1.91 bits per heavy atom. The third-order valence-corrected chi connectivity index (χ3v) is 4.95. The van der Waals surface area contributed by atoms with E-state index in [4.69, 9.17) is 15.8 Å². The van der Waals surface area contributed by atoms with E-state index < -0.39 is 40.7 Å². The van der Waals surface area contributed by atoms with Crippen LogP contribution in [-0.4, -0.2) is 26.2 Å². The van der Waals surface area contributed by atoms with Gasteiger partial charge in [-0.05, 0) is 44.2 Å². The van der Waals surface area contributed by atoms with Crippen molar-refractivity contribution in [1.29, 1.82) is 5.26 Å². The summed E-state index contributed by atoms with van der Waals surface area (Å²) in [5.74, 6) is -1.55. The number of nitrogens with one attached hydrogen (secondary N) is 1. The van der Waals surface area contributed by atoms with Gasteiger partial charge in [0, 0.05) is 5.69 Å². The van der Waals surface area contributed by atoms with Gasteiger partial charge < -0.3 is 25.5 Å². The molecule has 3 aromatic rings. The number of carbonyl (C=O) groups is 1. The van der Waals surface area contributed by atoms with Gasteiger partial charge in [0.1, 0.15) is 5.52 Å². The molecule has 0 fully saturated rings. The molecule has 179 valence electrons. The summed E-state index contributed by atoms with van der Waals surface area (Å²) in [6, 6.07) is 7.43. The van der Waals surface area contributed by atoms with E-state index in [1.165, 1.54) is 42.9 Å². The molecule has 13 heteroatoms. The van der Waals surface area contributed by atoms with Gasteiger partial charge in [-0.1, -0.05) is 6.07 Å². The molecule has 33 heavy (non-hydrogen) atoms. The number of hydrogen-bond acceptors (Lipinski definition) is 5. The molecule has 1 amide bonds. The Morgan fingerprint density at radius 3 is 2.48 bits per heavy atom. The molecule has 2 aromatic carbocycles. The SMILES string of the molecule is CC(n1cnc2c(F)cccc21)[C@](C)(O)C(=O)Nc1ccc(C#N)c(C(F)(F)F)c1.[Es].[N-]=O. The van der Waals surface area contributed by atoms with Crippen molar-refractivity contribution in [3.63, 3.8) is 0 Å².